The SMILES string of the molecule is CC(Oc1nccc(-c2onc3c2CCC[C@@]32CCCc3sc(N)c(C#N)c32)n1)C12CCCN1CCC2. The van der Waals surface area contributed by atoms with Gasteiger partial charge < -0.3 is 15.0 Å². The van der Waals surface area contributed by atoms with Crippen molar-refractivity contribution in [2.24, 2.45) is 0 Å². The molecular formula is C28H32N6O2S. The molecule has 2 atom stereocenters. The van der Waals surface area contributed by atoms with Gasteiger partial charge in [0.2, 0.25) is 0 Å². The molecule has 8 nitrogen and oxygen atoms in total. The van der Waals surface area contributed by atoms with Crippen LogP contribution in [-0.2, 0) is 18.3 Å². The molecule has 5 heterocycles. The van der Waals surface area contributed by atoms with Gasteiger partial charge in [-0.2, -0.15) is 10.2 Å². The number of fused-ring (bicyclic) bond motifs is 5. The Labute approximate surface area is 220 Å². The molecule has 0 amide bonds. The predicted molar refractivity (Wildman–Crippen MR) is 140 cm³/mol. The maximum absolute atomic E-state index is 9.94. The molecule has 0 aromatic carbocycles. The first-order valence-electron chi connectivity index (χ1n) is 13.6. The molecule has 3 aromatic rings. The molecule has 7 rings (SSSR count). The van der Waals surface area contributed by atoms with Gasteiger partial charge >= 0.3 is 6.01 Å². The molecule has 4 aliphatic rings. The lowest BCUT2D eigenvalue weighted by molar-refractivity contribution is 0.0405. The fourth-order valence-electron chi connectivity index (χ4n) is 7.86. The molecule has 0 saturated carbocycles. The summed E-state index contributed by atoms with van der Waals surface area (Å²) < 4.78 is 12.4. The van der Waals surface area contributed by atoms with E-state index in [0.29, 0.717) is 28.0 Å². The van der Waals surface area contributed by atoms with Crippen LogP contribution in [0.3, 0.4) is 0 Å². The molecule has 192 valence electrons. The second kappa shape index (κ2) is 8.53. The highest BCUT2D eigenvalue weighted by Gasteiger charge is 2.50. The third-order valence-corrected chi connectivity index (χ3v) is 10.6. The van der Waals surface area contributed by atoms with Crippen molar-refractivity contribution in [3.63, 3.8) is 0 Å². The minimum absolute atomic E-state index is 0.0220. The molecule has 1 unspecified atom stereocenters. The fourth-order valence-corrected chi connectivity index (χ4v) is 9.02. The number of thiophene rings is 1. The van der Waals surface area contributed by atoms with Gasteiger partial charge in [0.1, 0.15) is 22.9 Å². The molecule has 2 fully saturated rings. The minimum Gasteiger partial charge on any atom is -0.458 e. The fraction of sp³-hybridized carbons (Fsp3) is 0.571. The van der Waals surface area contributed by atoms with Gasteiger partial charge in [0, 0.05) is 22.1 Å². The zero-order chi connectivity index (χ0) is 25.2. The summed E-state index contributed by atoms with van der Waals surface area (Å²) in [5.74, 6) is 0.698. The van der Waals surface area contributed by atoms with Crippen LogP contribution in [0, 0.1) is 11.3 Å². The summed E-state index contributed by atoms with van der Waals surface area (Å²) in [5, 5.41) is 15.2. The summed E-state index contributed by atoms with van der Waals surface area (Å²) in [7, 11) is 0. The third kappa shape index (κ3) is 3.31. The Morgan fingerprint density at radius 2 is 1.95 bits per heavy atom. The van der Waals surface area contributed by atoms with Gasteiger partial charge in [-0.1, -0.05) is 5.16 Å². The highest BCUT2D eigenvalue weighted by Crippen LogP contribution is 2.54. The molecule has 2 N–H and O–H groups in total. The van der Waals surface area contributed by atoms with Crippen molar-refractivity contribution < 1.29 is 9.26 Å². The van der Waals surface area contributed by atoms with Gasteiger partial charge in [0.05, 0.1) is 16.8 Å². The van der Waals surface area contributed by atoms with E-state index in [-0.39, 0.29) is 17.1 Å². The van der Waals surface area contributed by atoms with Crippen molar-refractivity contribution in [2.45, 2.75) is 88.2 Å². The smallest absolute Gasteiger partial charge is 0.317 e. The van der Waals surface area contributed by atoms with E-state index in [4.69, 9.17) is 20.0 Å². The first kappa shape index (κ1) is 23.2. The van der Waals surface area contributed by atoms with Crippen LogP contribution in [0.4, 0.5) is 5.00 Å². The number of nitrogen functional groups attached to an aromatic ring is 1. The van der Waals surface area contributed by atoms with Crippen LogP contribution in [0.2, 0.25) is 0 Å². The first-order valence-corrected chi connectivity index (χ1v) is 14.4. The Hall–Kier alpha value is -2.96. The lowest BCUT2D eigenvalue weighted by atomic mass is 9.62. The number of hydrogen-bond acceptors (Lipinski definition) is 9. The monoisotopic (exact) mass is 516 g/mol. The highest BCUT2D eigenvalue weighted by molar-refractivity contribution is 7.16. The number of anilines is 1. The first-order chi connectivity index (χ1) is 18.1. The van der Waals surface area contributed by atoms with E-state index < -0.39 is 0 Å². The Balaban J connectivity index is 1.24. The average molecular weight is 517 g/mol. The van der Waals surface area contributed by atoms with Crippen LogP contribution in [0.15, 0.2) is 16.8 Å². The van der Waals surface area contributed by atoms with Crippen molar-refractivity contribution in [1.29, 1.82) is 5.26 Å². The Morgan fingerprint density at radius 1 is 1.16 bits per heavy atom. The van der Waals surface area contributed by atoms with Crippen LogP contribution in [0.25, 0.3) is 11.5 Å². The van der Waals surface area contributed by atoms with Gasteiger partial charge in [-0.25, -0.2) is 4.98 Å². The van der Waals surface area contributed by atoms with Crippen LogP contribution in [-0.4, -0.2) is 44.8 Å². The van der Waals surface area contributed by atoms with Crippen LogP contribution in [0.5, 0.6) is 6.01 Å². The summed E-state index contributed by atoms with van der Waals surface area (Å²) in [6.45, 7) is 4.48. The van der Waals surface area contributed by atoms with Crippen LogP contribution < -0.4 is 10.5 Å². The third-order valence-electron chi connectivity index (χ3n) is 9.49. The normalized spacial score (nSPS) is 24.9. The summed E-state index contributed by atoms with van der Waals surface area (Å²) >= 11 is 1.57. The number of nitriles is 1. The number of rotatable bonds is 4. The number of aryl methyl sites for hydroxylation is 1. The lowest BCUT2D eigenvalue weighted by Gasteiger charge is -2.39. The van der Waals surface area contributed by atoms with Gasteiger partial charge in [0.15, 0.2) is 5.76 Å². The standard InChI is InChI=1S/C28H32N6O2S/c1-17(28-11-4-14-34(28)15-5-12-28)35-26-31-13-8-20(32-26)23-18-6-2-9-27(24(18)33-36-23)10-3-7-21-22(27)19(16-29)25(30)37-21/h8,13,17H,2-7,9-12,14-15,30H2,1H3/t17?,27-/m0/s1. The molecule has 0 bridgehead atoms. The molecule has 2 saturated heterocycles. The largest absolute Gasteiger partial charge is 0.458 e. The number of aromatic nitrogens is 3. The zero-order valence-corrected chi connectivity index (χ0v) is 22.1. The van der Waals surface area contributed by atoms with E-state index in [0.717, 1.165) is 68.4 Å². The van der Waals surface area contributed by atoms with E-state index >= 15 is 0 Å². The Kier molecular flexibility index (Phi) is 5.35. The van der Waals surface area contributed by atoms with E-state index in [1.165, 1.54) is 30.6 Å². The van der Waals surface area contributed by atoms with Crippen LogP contribution >= 0.6 is 11.3 Å². The number of ether oxygens (including phenoxy) is 1. The maximum Gasteiger partial charge on any atom is 0.317 e. The van der Waals surface area contributed by atoms with E-state index in [2.05, 4.69) is 28.0 Å². The van der Waals surface area contributed by atoms with Crippen molar-refractivity contribution in [2.75, 3.05) is 18.8 Å². The summed E-state index contributed by atoms with van der Waals surface area (Å²) in [4.78, 5) is 13.1. The van der Waals surface area contributed by atoms with Crippen molar-refractivity contribution in [1.82, 2.24) is 20.0 Å². The summed E-state index contributed by atoms with van der Waals surface area (Å²) in [6, 6.07) is 4.67. The second-order valence-corrected chi connectivity index (χ2v) is 12.3. The molecule has 1 spiro atoms. The molecule has 2 aliphatic carbocycles. The Morgan fingerprint density at radius 3 is 2.73 bits per heavy atom. The molecule has 9 heteroatoms. The van der Waals surface area contributed by atoms with Crippen molar-refractivity contribution in [3.8, 4) is 23.5 Å². The van der Waals surface area contributed by atoms with Crippen molar-refractivity contribution in [3.05, 3.63) is 39.5 Å². The number of nitrogens with two attached hydrogens (primary N) is 1. The predicted octanol–water partition coefficient (Wildman–Crippen LogP) is 5.00. The van der Waals surface area contributed by atoms with Gasteiger partial charge in [-0.05, 0) is 95.9 Å². The zero-order valence-electron chi connectivity index (χ0n) is 21.3. The van der Waals surface area contributed by atoms with Gasteiger partial charge in [-0.3, -0.25) is 4.90 Å². The molecule has 3 aromatic heterocycles. The van der Waals surface area contributed by atoms with Gasteiger partial charge in [0.25, 0.3) is 0 Å². The van der Waals surface area contributed by atoms with Gasteiger partial charge in [-0.15, -0.1) is 11.3 Å². The highest BCUT2D eigenvalue weighted by atomic mass is 32.1. The average Bonchev–Trinajstić information content (AvgIpc) is 3.66. The summed E-state index contributed by atoms with van der Waals surface area (Å²) in [5.41, 5.74) is 10.6. The number of nitrogens with zero attached hydrogens (tertiary/aromatic N) is 5. The molecule has 0 radical (unpaired) electrons. The quantitative estimate of drug-likeness (QED) is 0.515. The number of hydrogen-bond donors (Lipinski definition) is 1. The summed E-state index contributed by atoms with van der Waals surface area (Å²) in [6.07, 6.45) is 12.4. The maximum atomic E-state index is 9.94. The van der Waals surface area contributed by atoms with Crippen molar-refractivity contribution >= 4 is 16.3 Å². The van der Waals surface area contributed by atoms with E-state index in [1.54, 1.807) is 17.5 Å². The van der Waals surface area contributed by atoms with E-state index in [9.17, 15) is 5.26 Å². The topological polar surface area (TPSA) is 114 Å². The second-order valence-electron chi connectivity index (χ2n) is 11.2. The Bertz CT molecular complexity index is 1390. The van der Waals surface area contributed by atoms with Crippen LogP contribution in [0.1, 0.15) is 85.6 Å². The molecule has 2 aliphatic heterocycles. The van der Waals surface area contributed by atoms with E-state index in [1.807, 2.05) is 6.07 Å². The molecular weight excluding hydrogens is 484 g/mol. The minimum atomic E-state index is -0.309. The molecule has 37 heavy (non-hydrogen) atoms. The lowest BCUT2D eigenvalue weighted by Crippen LogP contribution is -2.50.